The van der Waals surface area contributed by atoms with E-state index in [0.29, 0.717) is 16.3 Å². The van der Waals surface area contributed by atoms with Gasteiger partial charge in [0, 0.05) is 35.4 Å². The topological polar surface area (TPSA) is 61.4 Å². The van der Waals surface area contributed by atoms with Crippen LogP contribution in [0.3, 0.4) is 0 Å². The molecule has 1 saturated heterocycles. The van der Waals surface area contributed by atoms with Crippen LogP contribution in [0.2, 0.25) is 5.02 Å². The first kappa shape index (κ1) is 22.0. The SMILES string of the molecule is O=C(/C=C/c1ccccc1Cl)NC(=S)Nc1cccc(C(=O)N2CCCCCC2)c1. The highest BCUT2D eigenvalue weighted by atomic mass is 35.5. The van der Waals surface area contributed by atoms with Crippen molar-refractivity contribution in [3.05, 3.63) is 70.8 Å². The van der Waals surface area contributed by atoms with Crippen molar-refractivity contribution in [3.8, 4) is 0 Å². The van der Waals surface area contributed by atoms with Gasteiger partial charge in [-0.25, -0.2) is 0 Å². The molecule has 0 bridgehead atoms. The summed E-state index contributed by atoms with van der Waals surface area (Å²) in [6.07, 6.45) is 7.42. The predicted molar refractivity (Wildman–Crippen MR) is 126 cm³/mol. The van der Waals surface area contributed by atoms with E-state index in [2.05, 4.69) is 10.6 Å². The number of anilines is 1. The highest BCUT2D eigenvalue weighted by molar-refractivity contribution is 7.80. The maximum atomic E-state index is 12.8. The van der Waals surface area contributed by atoms with Crippen molar-refractivity contribution in [1.29, 1.82) is 0 Å². The van der Waals surface area contributed by atoms with Gasteiger partial charge in [0.2, 0.25) is 5.91 Å². The van der Waals surface area contributed by atoms with E-state index in [4.69, 9.17) is 23.8 Å². The van der Waals surface area contributed by atoms with Crippen LogP contribution in [0, 0.1) is 0 Å². The number of thiocarbonyl (C=S) groups is 1. The van der Waals surface area contributed by atoms with Gasteiger partial charge in [0.15, 0.2) is 5.11 Å². The highest BCUT2D eigenvalue weighted by Gasteiger charge is 2.17. The number of rotatable bonds is 4. The Kier molecular flexibility index (Phi) is 7.99. The molecule has 0 unspecified atom stereocenters. The van der Waals surface area contributed by atoms with Gasteiger partial charge in [-0.3, -0.25) is 14.9 Å². The molecule has 0 saturated carbocycles. The molecule has 1 fully saturated rings. The van der Waals surface area contributed by atoms with Gasteiger partial charge in [-0.2, -0.15) is 0 Å². The molecule has 7 heteroatoms. The zero-order valence-corrected chi connectivity index (χ0v) is 18.1. The summed E-state index contributed by atoms with van der Waals surface area (Å²) < 4.78 is 0. The van der Waals surface area contributed by atoms with Gasteiger partial charge in [0.05, 0.1) is 0 Å². The molecular weight excluding hydrogens is 418 g/mol. The summed E-state index contributed by atoms with van der Waals surface area (Å²) in [5, 5.41) is 6.28. The van der Waals surface area contributed by atoms with E-state index in [9.17, 15) is 9.59 Å². The van der Waals surface area contributed by atoms with E-state index in [0.717, 1.165) is 31.5 Å². The summed E-state index contributed by atoms with van der Waals surface area (Å²) in [4.78, 5) is 26.8. The fraction of sp³-hybridized carbons (Fsp3) is 0.261. The Balaban J connectivity index is 1.57. The first-order valence-corrected chi connectivity index (χ1v) is 10.8. The highest BCUT2D eigenvalue weighted by Crippen LogP contribution is 2.17. The summed E-state index contributed by atoms with van der Waals surface area (Å²) in [6.45, 7) is 1.59. The van der Waals surface area contributed by atoms with Crippen molar-refractivity contribution in [2.75, 3.05) is 18.4 Å². The molecule has 30 heavy (non-hydrogen) atoms. The molecule has 1 aliphatic rings. The van der Waals surface area contributed by atoms with Gasteiger partial charge >= 0.3 is 0 Å². The predicted octanol–water partition coefficient (Wildman–Crippen LogP) is 4.88. The maximum Gasteiger partial charge on any atom is 0.253 e. The third-order valence-corrected chi connectivity index (χ3v) is 5.37. The van der Waals surface area contributed by atoms with Gasteiger partial charge in [-0.1, -0.05) is 48.7 Å². The monoisotopic (exact) mass is 441 g/mol. The molecule has 1 heterocycles. The molecule has 0 aliphatic carbocycles. The average molecular weight is 442 g/mol. The number of carbonyl (C=O) groups excluding carboxylic acids is 2. The average Bonchev–Trinajstić information content (AvgIpc) is 3.02. The number of hydrogen-bond donors (Lipinski definition) is 2. The molecular formula is C23H24ClN3O2S. The van der Waals surface area contributed by atoms with E-state index in [1.807, 2.05) is 23.1 Å². The van der Waals surface area contributed by atoms with Gasteiger partial charge in [-0.15, -0.1) is 0 Å². The van der Waals surface area contributed by atoms with Crippen LogP contribution in [0.25, 0.3) is 6.08 Å². The Bertz CT molecular complexity index is 953. The van der Waals surface area contributed by atoms with Crippen LogP contribution in [-0.4, -0.2) is 34.9 Å². The van der Waals surface area contributed by atoms with E-state index in [-0.39, 0.29) is 16.9 Å². The Hall–Kier alpha value is -2.70. The molecule has 0 radical (unpaired) electrons. The van der Waals surface area contributed by atoms with Crippen LogP contribution >= 0.6 is 23.8 Å². The molecule has 3 rings (SSSR count). The quantitative estimate of drug-likeness (QED) is 0.524. The van der Waals surface area contributed by atoms with Gasteiger partial charge in [0.25, 0.3) is 5.91 Å². The molecule has 0 spiro atoms. The van der Waals surface area contributed by atoms with Crippen molar-refractivity contribution in [3.63, 3.8) is 0 Å². The lowest BCUT2D eigenvalue weighted by atomic mass is 10.1. The molecule has 2 aromatic rings. The molecule has 156 valence electrons. The number of nitrogens with one attached hydrogen (secondary N) is 2. The Morgan fingerprint density at radius 3 is 2.47 bits per heavy atom. The summed E-state index contributed by atoms with van der Waals surface area (Å²) in [5.74, 6) is -0.345. The van der Waals surface area contributed by atoms with Gasteiger partial charge in [0.1, 0.15) is 0 Å². The van der Waals surface area contributed by atoms with E-state index >= 15 is 0 Å². The van der Waals surface area contributed by atoms with Crippen molar-refractivity contribution >= 4 is 52.5 Å². The van der Waals surface area contributed by atoms with E-state index in [1.54, 1.807) is 36.4 Å². The van der Waals surface area contributed by atoms with Crippen LogP contribution in [-0.2, 0) is 4.79 Å². The first-order chi connectivity index (χ1) is 14.5. The second kappa shape index (κ2) is 10.9. The van der Waals surface area contributed by atoms with Crippen LogP contribution < -0.4 is 10.6 Å². The lowest BCUT2D eigenvalue weighted by molar-refractivity contribution is -0.115. The second-order valence-electron chi connectivity index (χ2n) is 7.09. The van der Waals surface area contributed by atoms with Crippen molar-refractivity contribution in [1.82, 2.24) is 10.2 Å². The van der Waals surface area contributed by atoms with Crippen molar-refractivity contribution < 1.29 is 9.59 Å². The molecule has 2 N–H and O–H groups in total. The third kappa shape index (κ3) is 6.40. The summed E-state index contributed by atoms with van der Waals surface area (Å²) in [6, 6.07) is 14.4. The Morgan fingerprint density at radius 2 is 1.73 bits per heavy atom. The van der Waals surface area contributed by atoms with E-state index in [1.165, 1.54) is 18.9 Å². The van der Waals surface area contributed by atoms with Crippen LogP contribution in [0.1, 0.15) is 41.6 Å². The molecule has 2 aromatic carbocycles. The van der Waals surface area contributed by atoms with Gasteiger partial charge < -0.3 is 10.2 Å². The Morgan fingerprint density at radius 1 is 1.00 bits per heavy atom. The summed E-state index contributed by atoms with van der Waals surface area (Å²) >= 11 is 11.3. The Labute approximate surface area is 187 Å². The minimum Gasteiger partial charge on any atom is -0.339 e. The number of halogens is 1. The number of benzene rings is 2. The minimum atomic E-state index is -0.371. The van der Waals surface area contributed by atoms with Crippen molar-refractivity contribution in [2.24, 2.45) is 0 Å². The maximum absolute atomic E-state index is 12.8. The lowest BCUT2D eigenvalue weighted by Crippen LogP contribution is -2.33. The number of carbonyl (C=O) groups is 2. The second-order valence-corrected chi connectivity index (χ2v) is 7.90. The fourth-order valence-electron chi connectivity index (χ4n) is 3.28. The number of likely N-dealkylation sites (tertiary alicyclic amines) is 1. The summed E-state index contributed by atoms with van der Waals surface area (Å²) in [7, 11) is 0. The number of amides is 2. The van der Waals surface area contributed by atoms with Crippen molar-refractivity contribution in [2.45, 2.75) is 25.7 Å². The fourth-order valence-corrected chi connectivity index (χ4v) is 3.70. The van der Waals surface area contributed by atoms with Gasteiger partial charge in [-0.05, 0) is 61.0 Å². The molecule has 0 aromatic heterocycles. The summed E-state index contributed by atoms with van der Waals surface area (Å²) in [5.41, 5.74) is 2.00. The number of nitrogens with zero attached hydrogens (tertiary/aromatic N) is 1. The van der Waals surface area contributed by atoms with Crippen LogP contribution in [0.15, 0.2) is 54.6 Å². The molecule has 5 nitrogen and oxygen atoms in total. The van der Waals surface area contributed by atoms with Crippen LogP contribution in [0.4, 0.5) is 5.69 Å². The smallest absolute Gasteiger partial charge is 0.253 e. The third-order valence-electron chi connectivity index (χ3n) is 4.82. The molecule has 2 amide bonds. The lowest BCUT2D eigenvalue weighted by Gasteiger charge is -2.20. The minimum absolute atomic E-state index is 0.0261. The standard InChI is InChI=1S/C23H24ClN3O2S/c24-20-11-4-3-8-17(20)12-13-21(28)26-23(30)25-19-10-7-9-18(16-19)22(29)27-14-5-1-2-6-15-27/h3-4,7-13,16H,1-2,5-6,14-15H2,(H2,25,26,28,30)/b13-12+. The largest absolute Gasteiger partial charge is 0.339 e. The zero-order chi connectivity index (χ0) is 21.3. The zero-order valence-electron chi connectivity index (χ0n) is 16.6. The molecule has 0 atom stereocenters. The van der Waals surface area contributed by atoms with E-state index < -0.39 is 0 Å². The number of hydrogen-bond acceptors (Lipinski definition) is 3. The van der Waals surface area contributed by atoms with Crippen LogP contribution in [0.5, 0.6) is 0 Å². The first-order valence-electron chi connectivity index (χ1n) is 9.97. The normalized spacial score (nSPS) is 14.2. The molecule has 1 aliphatic heterocycles.